The van der Waals surface area contributed by atoms with Gasteiger partial charge in [0.15, 0.2) is 0 Å². The Morgan fingerprint density at radius 1 is 1.50 bits per heavy atom. The zero-order valence-electron chi connectivity index (χ0n) is 11.5. The summed E-state index contributed by atoms with van der Waals surface area (Å²) in [6.07, 6.45) is 7.76. The zero-order valence-corrected chi connectivity index (χ0v) is 12.4. The lowest BCUT2D eigenvalue weighted by Gasteiger charge is -2.32. The van der Waals surface area contributed by atoms with Crippen molar-refractivity contribution in [2.75, 3.05) is 12.9 Å². The molecule has 1 aromatic rings. The molecular weight excluding hydrogens is 274 g/mol. The van der Waals surface area contributed by atoms with Crippen molar-refractivity contribution in [2.45, 2.75) is 42.3 Å². The van der Waals surface area contributed by atoms with Crippen LogP contribution in [-0.2, 0) is 9.53 Å². The van der Waals surface area contributed by atoms with Gasteiger partial charge in [-0.05, 0) is 37.7 Å². The van der Waals surface area contributed by atoms with Gasteiger partial charge in [-0.2, -0.15) is 0 Å². The van der Waals surface area contributed by atoms with E-state index in [-0.39, 0.29) is 5.97 Å². The average Bonchev–Trinajstić information content (AvgIpc) is 3.37. The van der Waals surface area contributed by atoms with Gasteiger partial charge < -0.3 is 4.74 Å². The Hall–Kier alpha value is -1.14. The number of methoxy groups -OCH3 is 1. The number of hydrogen-bond acceptors (Lipinski definition) is 6. The number of rotatable bonds is 7. The standard InChI is InChI=1S/C14H19N3O2S/c1-19-13(18)14(10-2-3-10,17-11-4-5-11)8-20-12-6-7-15-9-16-12/h6-7,9-11,17H,2-5,8H2,1H3. The third kappa shape index (κ3) is 2.96. The minimum Gasteiger partial charge on any atom is -0.468 e. The van der Waals surface area contributed by atoms with E-state index >= 15 is 0 Å². The molecular formula is C14H19N3O2S. The topological polar surface area (TPSA) is 64.1 Å². The number of hydrogen-bond donors (Lipinski definition) is 1. The summed E-state index contributed by atoms with van der Waals surface area (Å²) in [5.74, 6) is 0.927. The lowest BCUT2D eigenvalue weighted by Crippen LogP contribution is -2.57. The molecule has 0 aromatic carbocycles. The molecule has 0 radical (unpaired) electrons. The summed E-state index contributed by atoms with van der Waals surface area (Å²) < 4.78 is 5.09. The SMILES string of the molecule is COC(=O)C(CSc1ccncn1)(NC1CC1)C1CC1. The Kier molecular flexibility index (Phi) is 3.94. The van der Waals surface area contributed by atoms with Crippen molar-refractivity contribution < 1.29 is 9.53 Å². The van der Waals surface area contributed by atoms with E-state index in [9.17, 15) is 4.79 Å². The summed E-state index contributed by atoms with van der Waals surface area (Å²) in [6.45, 7) is 0. The largest absolute Gasteiger partial charge is 0.468 e. The highest BCUT2D eigenvalue weighted by Crippen LogP contribution is 2.44. The van der Waals surface area contributed by atoms with E-state index < -0.39 is 5.54 Å². The van der Waals surface area contributed by atoms with E-state index in [0.29, 0.717) is 17.7 Å². The van der Waals surface area contributed by atoms with Crippen LogP contribution in [0.25, 0.3) is 0 Å². The van der Waals surface area contributed by atoms with Crippen LogP contribution in [0.3, 0.4) is 0 Å². The lowest BCUT2D eigenvalue weighted by atomic mass is 9.95. The van der Waals surface area contributed by atoms with Gasteiger partial charge in [-0.1, -0.05) is 0 Å². The van der Waals surface area contributed by atoms with Crippen molar-refractivity contribution in [1.82, 2.24) is 15.3 Å². The fourth-order valence-corrected chi connectivity index (χ4v) is 3.55. The Morgan fingerprint density at radius 2 is 2.30 bits per heavy atom. The molecule has 1 unspecified atom stereocenters. The summed E-state index contributed by atoms with van der Waals surface area (Å²) in [4.78, 5) is 20.5. The maximum Gasteiger partial charge on any atom is 0.327 e. The molecule has 6 heteroatoms. The van der Waals surface area contributed by atoms with Crippen LogP contribution >= 0.6 is 11.8 Å². The van der Waals surface area contributed by atoms with Crippen molar-refractivity contribution in [3.8, 4) is 0 Å². The lowest BCUT2D eigenvalue weighted by molar-refractivity contribution is -0.148. The summed E-state index contributed by atoms with van der Waals surface area (Å²) in [5.41, 5.74) is -0.550. The molecule has 3 rings (SSSR count). The van der Waals surface area contributed by atoms with Crippen molar-refractivity contribution >= 4 is 17.7 Å². The Bertz CT molecular complexity index is 477. The number of nitrogens with zero attached hydrogens (tertiary/aromatic N) is 2. The van der Waals surface area contributed by atoms with Gasteiger partial charge >= 0.3 is 5.97 Å². The summed E-state index contributed by atoms with van der Waals surface area (Å²) in [7, 11) is 1.48. The number of aromatic nitrogens is 2. The minimum atomic E-state index is -0.550. The molecule has 0 spiro atoms. The molecule has 0 aliphatic heterocycles. The molecule has 1 atom stereocenters. The van der Waals surface area contributed by atoms with E-state index in [1.54, 1.807) is 18.0 Å². The predicted octanol–water partition coefficient (Wildman–Crippen LogP) is 1.64. The van der Waals surface area contributed by atoms with Crippen molar-refractivity contribution in [2.24, 2.45) is 5.92 Å². The maximum atomic E-state index is 12.4. The van der Waals surface area contributed by atoms with Crippen molar-refractivity contribution in [1.29, 1.82) is 0 Å². The van der Waals surface area contributed by atoms with Gasteiger partial charge in [-0.3, -0.25) is 10.1 Å². The molecule has 2 aliphatic carbocycles. The van der Waals surface area contributed by atoms with Crippen LogP contribution in [0.15, 0.2) is 23.6 Å². The van der Waals surface area contributed by atoms with Gasteiger partial charge in [-0.25, -0.2) is 9.97 Å². The number of carbonyl (C=O) groups is 1. The van der Waals surface area contributed by atoms with Crippen molar-refractivity contribution in [3.05, 3.63) is 18.6 Å². The van der Waals surface area contributed by atoms with E-state index in [1.807, 2.05) is 6.07 Å². The van der Waals surface area contributed by atoms with Gasteiger partial charge in [0.25, 0.3) is 0 Å². The number of thioether (sulfide) groups is 1. The van der Waals surface area contributed by atoms with Crippen LogP contribution in [0.1, 0.15) is 25.7 Å². The normalized spacial score (nSPS) is 21.2. The molecule has 2 fully saturated rings. The number of ether oxygens (including phenoxy) is 1. The molecule has 5 nitrogen and oxygen atoms in total. The smallest absolute Gasteiger partial charge is 0.327 e. The van der Waals surface area contributed by atoms with Crippen LogP contribution in [0, 0.1) is 5.92 Å². The number of carbonyl (C=O) groups excluding carboxylic acids is 1. The average molecular weight is 293 g/mol. The van der Waals surface area contributed by atoms with Gasteiger partial charge in [0.05, 0.1) is 12.1 Å². The van der Waals surface area contributed by atoms with Crippen molar-refractivity contribution in [3.63, 3.8) is 0 Å². The summed E-state index contributed by atoms with van der Waals surface area (Å²) in [5, 5.41) is 4.44. The third-order valence-electron chi connectivity index (χ3n) is 3.87. The fourth-order valence-electron chi connectivity index (χ4n) is 2.46. The first-order chi connectivity index (χ1) is 9.74. The fraction of sp³-hybridized carbons (Fsp3) is 0.643. The van der Waals surface area contributed by atoms with Gasteiger partial charge in [-0.15, -0.1) is 11.8 Å². The van der Waals surface area contributed by atoms with E-state index in [1.165, 1.54) is 13.4 Å². The Balaban J connectivity index is 1.74. The second kappa shape index (κ2) is 5.69. The molecule has 1 heterocycles. The highest BCUT2D eigenvalue weighted by molar-refractivity contribution is 7.99. The minimum absolute atomic E-state index is 0.131. The Labute approximate surface area is 122 Å². The molecule has 1 aromatic heterocycles. The van der Waals surface area contributed by atoms with E-state index in [0.717, 1.165) is 30.7 Å². The van der Waals surface area contributed by atoms with Gasteiger partial charge in [0, 0.05) is 18.0 Å². The molecule has 108 valence electrons. The monoisotopic (exact) mass is 293 g/mol. The molecule has 2 aliphatic rings. The first-order valence-corrected chi connectivity index (χ1v) is 7.98. The van der Waals surface area contributed by atoms with Gasteiger partial charge in [0.1, 0.15) is 11.9 Å². The second-order valence-electron chi connectivity index (χ2n) is 5.49. The second-order valence-corrected chi connectivity index (χ2v) is 6.49. The molecule has 0 amide bonds. The van der Waals surface area contributed by atoms with Crippen LogP contribution in [0.4, 0.5) is 0 Å². The van der Waals surface area contributed by atoms with Crippen LogP contribution in [-0.4, -0.2) is 40.4 Å². The molecule has 20 heavy (non-hydrogen) atoms. The quantitative estimate of drug-likeness (QED) is 0.468. The van der Waals surface area contributed by atoms with Crippen LogP contribution in [0.5, 0.6) is 0 Å². The maximum absolute atomic E-state index is 12.4. The van der Waals surface area contributed by atoms with Crippen LogP contribution in [0.2, 0.25) is 0 Å². The molecule has 1 N–H and O–H groups in total. The predicted molar refractivity (Wildman–Crippen MR) is 76.4 cm³/mol. The highest BCUT2D eigenvalue weighted by atomic mass is 32.2. The molecule has 2 saturated carbocycles. The summed E-state index contributed by atoms with van der Waals surface area (Å²) >= 11 is 1.59. The highest BCUT2D eigenvalue weighted by Gasteiger charge is 2.53. The third-order valence-corrected chi connectivity index (χ3v) is 5.00. The summed E-state index contributed by atoms with van der Waals surface area (Å²) in [6, 6.07) is 2.34. The molecule has 0 bridgehead atoms. The Morgan fingerprint density at radius 3 is 2.85 bits per heavy atom. The van der Waals surface area contributed by atoms with E-state index in [2.05, 4.69) is 15.3 Å². The van der Waals surface area contributed by atoms with E-state index in [4.69, 9.17) is 4.74 Å². The van der Waals surface area contributed by atoms with Gasteiger partial charge in [0.2, 0.25) is 0 Å². The first-order valence-electron chi connectivity index (χ1n) is 6.99. The number of esters is 1. The molecule has 0 saturated heterocycles. The first kappa shape index (κ1) is 13.8. The van der Waals surface area contributed by atoms with Crippen LogP contribution < -0.4 is 5.32 Å². The number of nitrogens with one attached hydrogen (secondary N) is 1. The zero-order chi connectivity index (χ0) is 14.0.